The van der Waals surface area contributed by atoms with Crippen LogP contribution in [0.1, 0.15) is 20.8 Å². The van der Waals surface area contributed by atoms with E-state index in [0.717, 1.165) is 34.5 Å². The van der Waals surface area contributed by atoms with Gasteiger partial charge in [0.15, 0.2) is 0 Å². The summed E-state index contributed by atoms with van der Waals surface area (Å²) < 4.78 is 7.96. The van der Waals surface area contributed by atoms with Gasteiger partial charge in [-0.25, -0.2) is 4.98 Å². The van der Waals surface area contributed by atoms with E-state index in [4.69, 9.17) is 4.74 Å². The third-order valence-electron chi connectivity index (χ3n) is 5.28. The van der Waals surface area contributed by atoms with Gasteiger partial charge in [-0.2, -0.15) is 0 Å². The Morgan fingerprint density at radius 3 is 2.88 bits per heavy atom. The summed E-state index contributed by atoms with van der Waals surface area (Å²) in [4.78, 5) is 22.5. The zero-order valence-corrected chi connectivity index (χ0v) is 18.7. The van der Waals surface area contributed by atoms with E-state index in [0.29, 0.717) is 18.7 Å². The number of imidazole rings is 1. The van der Waals surface area contributed by atoms with Crippen LogP contribution in [0.4, 0.5) is 0 Å². The van der Waals surface area contributed by atoms with Gasteiger partial charge in [0.1, 0.15) is 12.1 Å². The number of amides is 1. The number of fused-ring (bicyclic) bond motifs is 1. The van der Waals surface area contributed by atoms with Crippen LogP contribution in [0.15, 0.2) is 90.8 Å². The summed E-state index contributed by atoms with van der Waals surface area (Å²) in [6.07, 6.45) is 6.11. The van der Waals surface area contributed by atoms with Crippen LogP contribution in [0.3, 0.4) is 0 Å². The lowest BCUT2D eigenvalue weighted by Crippen LogP contribution is -2.22. The molecule has 164 valence electrons. The molecule has 3 aromatic heterocycles. The van der Waals surface area contributed by atoms with E-state index in [9.17, 15) is 4.79 Å². The number of thiophene rings is 1. The highest BCUT2D eigenvalue weighted by Gasteiger charge is 2.11. The molecule has 0 aliphatic carbocycles. The minimum Gasteiger partial charge on any atom is -0.493 e. The van der Waals surface area contributed by atoms with Gasteiger partial charge < -0.3 is 10.1 Å². The Morgan fingerprint density at radius 2 is 2.03 bits per heavy atom. The standard InChI is InChI=1S/C26H22N4O2S/c31-26(28-17-19-4-2-11-27-16-19)20-8-9-25-24(14-20)29-18-30(25)21-5-1-6-22(15-21)32-12-10-23-7-3-13-33-23/h1-9,11,13-16,18H,10,12,17H2,(H,28,31). The second-order valence-corrected chi connectivity index (χ2v) is 8.57. The first-order valence-electron chi connectivity index (χ1n) is 10.7. The van der Waals surface area contributed by atoms with Crippen molar-refractivity contribution in [2.24, 2.45) is 0 Å². The summed E-state index contributed by atoms with van der Waals surface area (Å²) in [7, 11) is 0. The summed E-state index contributed by atoms with van der Waals surface area (Å²) in [6, 6.07) is 21.5. The fourth-order valence-corrected chi connectivity index (χ4v) is 4.28. The number of nitrogens with one attached hydrogen (secondary N) is 1. The molecule has 0 aliphatic rings. The zero-order valence-electron chi connectivity index (χ0n) is 17.8. The van der Waals surface area contributed by atoms with E-state index in [1.807, 2.05) is 59.2 Å². The maximum absolute atomic E-state index is 12.6. The highest BCUT2D eigenvalue weighted by molar-refractivity contribution is 7.09. The molecular weight excluding hydrogens is 432 g/mol. The Labute approximate surface area is 195 Å². The Bertz CT molecular complexity index is 1360. The first-order valence-corrected chi connectivity index (χ1v) is 11.5. The molecule has 0 aliphatic heterocycles. The van der Waals surface area contributed by atoms with Gasteiger partial charge in [0.2, 0.25) is 0 Å². The van der Waals surface area contributed by atoms with Gasteiger partial charge >= 0.3 is 0 Å². The molecule has 0 fully saturated rings. The molecule has 5 rings (SSSR count). The van der Waals surface area contributed by atoms with E-state index >= 15 is 0 Å². The second-order valence-electron chi connectivity index (χ2n) is 7.54. The lowest BCUT2D eigenvalue weighted by molar-refractivity contribution is 0.0951. The van der Waals surface area contributed by atoms with Gasteiger partial charge in [0, 0.05) is 41.9 Å². The number of pyridine rings is 1. The largest absolute Gasteiger partial charge is 0.493 e. The van der Waals surface area contributed by atoms with Gasteiger partial charge in [-0.15, -0.1) is 11.3 Å². The number of benzene rings is 2. The maximum Gasteiger partial charge on any atom is 0.251 e. The van der Waals surface area contributed by atoms with E-state index in [1.165, 1.54) is 4.88 Å². The molecule has 6 nitrogen and oxygen atoms in total. The third-order valence-corrected chi connectivity index (χ3v) is 6.21. The fraction of sp³-hybridized carbons (Fsp3) is 0.115. The summed E-state index contributed by atoms with van der Waals surface area (Å²) in [5, 5.41) is 5.01. The van der Waals surface area contributed by atoms with Crippen molar-refractivity contribution in [1.82, 2.24) is 19.9 Å². The van der Waals surface area contributed by atoms with E-state index in [-0.39, 0.29) is 5.91 Å². The molecule has 0 saturated heterocycles. The first kappa shape index (κ1) is 20.9. The van der Waals surface area contributed by atoms with Crippen LogP contribution < -0.4 is 10.1 Å². The lowest BCUT2D eigenvalue weighted by Gasteiger charge is -2.09. The van der Waals surface area contributed by atoms with Crippen LogP contribution in [0.5, 0.6) is 5.75 Å². The van der Waals surface area contributed by atoms with Crippen molar-refractivity contribution in [2.75, 3.05) is 6.61 Å². The molecule has 0 bridgehead atoms. The van der Waals surface area contributed by atoms with Gasteiger partial charge in [-0.3, -0.25) is 14.3 Å². The number of nitrogens with zero attached hydrogens (tertiary/aromatic N) is 3. The molecule has 1 N–H and O–H groups in total. The molecule has 33 heavy (non-hydrogen) atoms. The zero-order chi connectivity index (χ0) is 22.5. The minimum atomic E-state index is -0.142. The van der Waals surface area contributed by atoms with Crippen molar-refractivity contribution >= 4 is 28.3 Å². The number of ether oxygens (including phenoxy) is 1. The van der Waals surface area contributed by atoms with Gasteiger partial charge in [-0.1, -0.05) is 18.2 Å². The molecule has 5 aromatic rings. The number of hydrogen-bond acceptors (Lipinski definition) is 5. The molecule has 0 atom stereocenters. The average Bonchev–Trinajstić information content (AvgIpc) is 3.53. The fourth-order valence-electron chi connectivity index (χ4n) is 3.59. The molecule has 0 saturated carbocycles. The van der Waals surface area contributed by atoms with Crippen LogP contribution in [-0.4, -0.2) is 27.0 Å². The molecule has 0 radical (unpaired) electrons. The summed E-state index contributed by atoms with van der Waals surface area (Å²) >= 11 is 1.74. The quantitative estimate of drug-likeness (QED) is 0.357. The molecular formula is C26H22N4O2S. The lowest BCUT2D eigenvalue weighted by atomic mass is 10.1. The second kappa shape index (κ2) is 9.67. The first-order chi connectivity index (χ1) is 16.3. The highest BCUT2D eigenvalue weighted by Crippen LogP contribution is 2.23. The minimum absolute atomic E-state index is 0.142. The topological polar surface area (TPSA) is 69.0 Å². The predicted molar refractivity (Wildman–Crippen MR) is 130 cm³/mol. The van der Waals surface area contributed by atoms with E-state index in [2.05, 4.69) is 32.8 Å². The molecule has 0 unspecified atom stereocenters. The molecule has 7 heteroatoms. The van der Waals surface area contributed by atoms with Crippen molar-refractivity contribution in [1.29, 1.82) is 0 Å². The van der Waals surface area contributed by atoms with Crippen molar-refractivity contribution < 1.29 is 9.53 Å². The Morgan fingerprint density at radius 1 is 1.06 bits per heavy atom. The molecule has 1 amide bonds. The summed E-state index contributed by atoms with van der Waals surface area (Å²) in [5.74, 6) is 0.675. The number of hydrogen-bond donors (Lipinski definition) is 1. The van der Waals surface area contributed by atoms with Crippen LogP contribution in [0, 0.1) is 0 Å². The van der Waals surface area contributed by atoms with Crippen LogP contribution in [-0.2, 0) is 13.0 Å². The van der Waals surface area contributed by atoms with Crippen molar-refractivity contribution in [3.8, 4) is 11.4 Å². The van der Waals surface area contributed by atoms with Gasteiger partial charge in [0.25, 0.3) is 5.91 Å². The number of carbonyl (C=O) groups excluding carboxylic acids is 1. The monoisotopic (exact) mass is 454 g/mol. The molecule has 0 spiro atoms. The molecule has 2 aromatic carbocycles. The highest BCUT2D eigenvalue weighted by atomic mass is 32.1. The smallest absolute Gasteiger partial charge is 0.251 e. The van der Waals surface area contributed by atoms with E-state index in [1.54, 1.807) is 30.1 Å². The van der Waals surface area contributed by atoms with E-state index < -0.39 is 0 Å². The molecule has 3 heterocycles. The Balaban J connectivity index is 1.29. The average molecular weight is 455 g/mol. The SMILES string of the molecule is O=C(NCc1cccnc1)c1ccc2c(c1)ncn2-c1cccc(OCCc2cccs2)c1. The van der Waals surface area contributed by atoms with Crippen LogP contribution in [0.25, 0.3) is 16.7 Å². The third kappa shape index (κ3) is 4.94. The van der Waals surface area contributed by atoms with Crippen LogP contribution in [0.2, 0.25) is 0 Å². The number of carbonyl (C=O) groups is 1. The van der Waals surface area contributed by atoms with Crippen molar-refractivity contribution in [2.45, 2.75) is 13.0 Å². The van der Waals surface area contributed by atoms with Gasteiger partial charge in [-0.05, 0) is 53.4 Å². The Hall–Kier alpha value is -3.97. The summed E-state index contributed by atoms with van der Waals surface area (Å²) in [5.41, 5.74) is 4.17. The summed E-state index contributed by atoms with van der Waals surface area (Å²) in [6.45, 7) is 1.06. The Kier molecular flexibility index (Phi) is 6.12. The van der Waals surface area contributed by atoms with Gasteiger partial charge in [0.05, 0.1) is 23.3 Å². The normalized spacial score (nSPS) is 10.9. The van der Waals surface area contributed by atoms with Crippen LogP contribution >= 0.6 is 11.3 Å². The number of rotatable bonds is 8. The maximum atomic E-state index is 12.6. The van der Waals surface area contributed by atoms with Crippen molar-refractivity contribution in [3.05, 3.63) is 107 Å². The van der Waals surface area contributed by atoms with Crippen molar-refractivity contribution in [3.63, 3.8) is 0 Å². The number of aromatic nitrogens is 3. The predicted octanol–water partition coefficient (Wildman–Crippen LogP) is 5.03.